The number of aromatic nitrogens is 1. The maximum atomic E-state index is 8.65. The molecule has 2 nitrogen and oxygen atoms in total. The van der Waals surface area contributed by atoms with Crippen LogP contribution in [0.15, 0.2) is 0 Å². The zero-order valence-corrected chi connectivity index (χ0v) is 9.23. The largest absolute Gasteiger partial charge is 0.246 e. The highest BCUT2D eigenvalue weighted by molar-refractivity contribution is 7.11. The molecule has 1 aromatic heterocycles. The average molecular weight is 206 g/mol. The molecule has 3 heteroatoms. The fourth-order valence-electron chi connectivity index (χ4n) is 2.03. The van der Waals surface area contributed by atoms with Crippen molar-refractivity contribution in [1.82, 2.24) is 4.98 Å². The van der Waals surface area contributed by atoms with Gasteiger partial charge in [0.05, 0.1) is 23.2 Å². The normalized spacial score (nSPS) is 17.1. The van der Waals surface area contributed by atoms with Gasteiger partial charge in [0.2, 0.25) is 0 Å². The summed E-state index contributed by atoms with van der Waals surface area (Å²) in [6.07, 6.45) is 5.79. The third kappa shape index (κ3) is 1.80. The highest BCUT2D eigenvalue weighted by Gasteiger charge is 2.21. The molecule has 74 valence electrons. The second-order valence-corrected chi connectivity index (χ2v) is 4.99. The van der Waals surface area contributed by atoms with Gasteiger partial charge in [0, 0.05) is 10.8 Å². The molecule has 0 bridgehead atoms. The first-order valence-corrected chi connectivity index (χ1v) is 5.96. The van der Waals surface area contributed by atoms with Crippen molar-refractivity contribution >= 4 is 11.3 Å². The first-order valence-electron chi connectivity index (χ1n) is 5.14. The Balaban J connectivity index is 2.19. The van der Waals surface area contributed by atoms with Crippen LogP contribution in [0.5, 0.6) is 0 Å². The summed E-state index contributed by atoms with van der Waals surface area (Å²) < 4.78 is 0. The summed E-state index contributed by atoms with van der Waals surface area (Å²) in [5, 5.41) is 9.92. The van der Waals surface area contributed by atoms with Crippen LogP contribution in [0.25, 0.3) is 0 Å². The summed E-state index contributed by atoms with van der Waals surface area (Å²) in [5.41, 5.74) is 1.07. The minimum atomic E-state index is 0.524. The molecule has 1 saturated carbocycles. The number of aryl methyl sites for hydroxylation is 1. The zero-order valence-electron chi connectivity index (χ0n) is 8.42. The quantitative estimate of drug-likeness (QED) is 0.745. The van der Waals surface area contributed by atoms with Crippen LogP contribution in [0.3, 0.4) is 0 Å². The predicted molar refractivity (Wildman–Crippen MR) is 57.4 cm³/mol. The third-order valence-corrected chi connectivity index (χ3v) is 4.17. The molecule has 0 spiro atoms. The van der Waals surface area contributed by atoms with Gasteiger partial charge in [0.25, 0.3) is 0 Å². The van der Waals surface area contributed by atoms with E-state index in [2.05, 4.69) is 11.1 Å². The lowest BCUT2D eigenvalue weighted by atomic mass is 10.1. The standard InChI is InChI=1S/C11H14N2S/c1-8-10(6-7-12)14-11(13-8)9-4-2-3-5-9/h9H,2-6H2,1H3. The molecule has 0 atom stereocenters. The van der Waals surface area contributed by atoms with E-state index in [0.717, 1.165) is 10.6 Å². The van der Waals surface area contributed by atoms with Gasteiger partial charge in [-0.2, -0.15) is 5.26 Å². The Morgan fingerprint density at radius 1 is 1.50 bits per heavy atom. The van der Waals surface area contributed by atoms with Crippen LogP contribution < -0.4 is 0 Å². The fraction of sp³-hybridized carbons (Fsp3) is 0.636. The lowest BCUT2D eigenvalue weighted by Crippen LogP contribution is -1.90. The molecule has 0 aromatic carbocycles. The van der Waals surface area contributed by atoms with Crippen molar-refractivity contribution < 1.29 is 0 Å². The number of hydrogen-bond donors (Lipinski definition) is 0. The van der Waals surface area contributed by atoms with Gasteiger partial charge in [-0.1, -0.05) is 12.8 Å². The zero-order chi connectivity index (χ0) is 9.97. The van der Waals surface area contributed by atoms with Crippen molar-refractivity contribution in [2.75, 3.05) is 0 Å². The van der Waals surface area contributed by atoms with E-state index in [-0.39, 0.29) is 0 Å². The van der Waals surface area contributed by atoms with Crippen molar-refractivity contribution in [1.29, 1.82) is 5.26 Å². The number of thiazole rings is 1. The van der Waals surface area contributed by atoms with Crippen molar-refractivity contribution in [3.05, 3.63) is 15.6 Å². The molecule has 1 fully saturated rings. The van der Waals surface area contributed by atoms with E-state index in [9.17, 15) is 0 Å². The molecule has 0 aliphatic heterocycles. The minimum absolute atomic E-state index is 0.524. The Hall–Kier alpha value is -0.880. The van der Waals surface area contributed by atoms with E-state index in [1.165, 1.54) is 30.7 Å². The average Bonchev–Trinajstić information content (AvgIpc) is 2.76. The molecular weight excluding hydrogens is 192 g/mol. The van der Waals surface area contributed by atoms with Crippen molar-refractivity contribution in [2.24, 2.45) is 0 Å². The Labute approximate surface area is 88.6 Å². The van der Waals surface area contributed by atoms with Gasteiger partial charge in [0.15, 0.2) is 0 Å². The summed E-state index contributed by atoms with van der Waals surface area (Å²) in [7, 11) is 0. The van der Waals surface area contributed by atoms with E-state index >= 15 is 0 Å². The van der Waals surface area contributed by atoms with E-state index < -0.39 is 0 Å². The molecule has 0 radical (unpaired) electrons. The van der Waals surface area contributed by atoms with Crippen LogP contribution in [0.4, 0.5) is 0 Å². The van der Waals surface area contributed by atoms with Gasteiger partial charge >= 0.3 is 0 Å². The molecule has 14 heavy (non-hydrogen) atoms. The molecule has 1 aromatic rings. The summed E-state index contributed by atoms with van der Waals surface area (Å²) in [4.78, 5) is 5.74. The predicted octanol–water partition coefficient (Wildman–Crippen LogP) is 3.18. The first kappa shape index (κ1) is 9.67. The second-order valence-electron chi connectivity index (χ2n) is 3.88. The topological polar surface area (TPSA) is 36.7 Å². The maximum absolute atomic E-state index is 8.65. The Morgan fingerprint density at radius 2 is 2.21 bits per heavy atom. The molecule has 1 heterocycles. The van der Waals surface area contributed by atoms with Gasteiger partial charge < -0.3 is 0 Å². The van der Waals surface area contributed by atoms with Gasteiger partial charge in [-0.05, 0) is 19.8 Å². The number of hydrogen-bond acceptors (Lipinski definition) is 3. The van der Waals surface area contributed by atoms with Crippen molar-refractivity contribution in [3.63, 3.8) is 0 Å². The Morgan fingerprint density at radius 3 is 2.86 bits per heavy atom. The molecule has 0 amide bonds. The molecule has 1 aliphatic rings. The molecular formula is C11H14N2S. The van der Waals surface area contributed by atoms with Crippen LogP contribution in [0.2, 0.25) is 0 Å². The van der Waals surface area contributed by atoms with Crippen LogP contribution in [0.1, 0.15) is 47.2 Å². The van der Waals surface area contributed by atoms with E-state index in [0.29, 0.717) is 12.3 Å². The minimum Gasteiger partial charge on any atom is -0.246 e. The molecule has 0 unspecified atom stereocenters. The van der Waals surface area contributed by atoms with Crippen molar-refractivity contribution in [2.45, 2.75) is 44.9 Å². The Kier molecular flexibility index (Phi) is 2.83. The highest BCUT2D eigenvalue weighted by Crippen LogP contribution is 2.37. The summed E-state index contributed by atoms with van der Waals surface area (Å²) in [6.45, 7) is 2.02. The number of nitrogens with zero attached hydrogens (tertiary/aromatic N) is 2. The summed E-state index contributed by atoms with van der Waals surface area (Å²) in [6, 6.07) is 2.20. The smallest absolute Gasteiger partial charge is 0.0962 e. The SMILES string of the molecule is Cc1nc(C2CCCC2)sc1CC#N. The Bertz CT molecular complexity index is 356. The molecule has 2 rings (SSSR count). The fourth-order valence-corrected chi connectivity index (χ4v) is 3.20. The molecule has 0 N–H and O–H groups in total. The van der Waals surface area contributed by atoms with Crippen LogP contribution in [-0.4, -0.2) is 4.98 Å². The van der Waals surface area contributed by atoms with E-state index in [1.807, 2.05) is 6.92 Å². The summed E-state index contributed by atoms with van der Waals surface area (Å²) >= 11 is 1.75. The third-order valence-electron chi connectivity index (χ3n) is 2.85. The van der Waals surface area contributed by atoms with Crippen LogP contribution >= 0.6 is 11.3 Å². The van der Waals surface area contributed by atoms with Crippen LogP contribution in [-0.2, 0) is 6.42 Å². The number of rotatable bonds is 2. The lowest BCUT2D eigenvalue weighted by Gasteiger charge is -2.01. The second kappa shape index (κ2) is 4.10. The van der Waals surface area contributed by atoms with Gasteiger partial charge in [-0.3, -0.25) is 0 Å². The van der Waals surface area contributed by atoms with Crippen molar-refractivity contribution in [3.8, 4) is 6.07 Å². The maximum Gasteiger partial charge on any atom is 0.0962 e. The van der Waals surface area contributed by atoms with E-state index in [1.54, 1.807) is 11.3 Å². The number of nitriles is 1. The lowest BCUT2D eigenvalue weighted by molar-refractivity contribution is 0.714. The summed E-state index contributed by atoms with van der Waals surface area (Å²) in [5.74, 6) is 0.686. The first-order chi connectivity index (χ1) is 6.81. The van der Waals surface area contributed by atoms with Crippen LogP contribution in [0, 0.1) is 18.3 Å². The highest BCUT2D eigenvalue weighted by atomic mass is 32.1. The molecule has 0 saturated heterocycles. The van der Waals surface area contributed by atoms with Gasteiger partial charge in [-0.15, -0.1) is 11.3 Å². The van der Waals surface area contributed by atoms with Gasteiger partial charge in [-0.25, -0.2) is 4.98 Å². The molecule has 1 aliphatic carbocycles. The van der Waals surface area contributed by atoms with E-state index in [4.69, 9.17) is 5.26 Å². The monoisotopic (exact) mass is 206 g/mol. The van der Waals surface area contributed by atoms with Gasteiger partial charge in [0.1, 0.15) is 0 Å².